The van der Waals surface area contributed by atoms with Crippen molar-refractivity contribution < 1.29 is 9.90 Å². The Morgan fingerprint density at radius 3 is 3.06 bits per heavy atom. The highest BCUT2D eigenvalue weighted by atomic mass is 16.3. The van der Waals surface area contributed by atoms with Crippen LogP contribution in [0.3, 0.4) is 0 Å². The van der Waals surface area contributed by atoms with Gasteiger partial charge in [-0.25, -0.2) is 4.98 Å². The normalized spacial score (nSPS) is 14.6. The molecule has 0 aliphatic carbocycles. The first-order valence-corrected chi connectivity index (χ1v) is 6.04. The number of aliphatic hydroxyl groups excluding tert-OH is 1. The van der Waals surface area contributed by atoms with Crippen molar-refractivity contribution in [3.63, 3.8) is 0 Å². The maximum Gasteiger partial charge on any atom is 0.220 e. The molecule has 0 saturated carbocycles. The van der Waals surface area contributed by atoms with Crippen molar-refractivity contribution in [1.82, 2.24) is 15.3 Å². The molecule has 1 aromatic rings. The number of nitrogens with one attached hydrogen (secondary N) is 2. The molecule has 1 aromatic heterocycles. The van der Waals surface area contributed by atoms with Crippen LogP contribution in [0.1, 0.15) is 25.5 Å². The zero-order valence-electron chi connectivity index (χ0n) is 10.8. The summed E-state index contributed by atoms with van der Waals surface area (Å²) in [6, 6.07) is -0.406. The Labute approximate surface area is 107 Å². The lowest BCUT2D eigenvalue weighted by Crippen LogP contribution is -2.45. The van der Waals surface area contributed by atoms with Crippen molar-refractivity contribution in [2.75, 3.05) is 7.05 Å². The number of rotatable bonds is 7. The lowest BCUT2D eigenvalue weighted by atomic mass is 10.1. The molecule has 2 atom stereocenters. The summed E-state index contributed by atoms with van der Waals surface area (Å²) in [6.07, 6.45) is 5.62. The minimum Gasteiger partial charge on any atom is -0.385 e. The molecule has 100 valence electrons. The van der Waals surface area contributed by atoms with Crippen LogP contribution in [0.2, 0.25) is 0 Å². The summed E-state index contributed by atoms with van der Waals surface area (Å²) in [4.78, 5) is 22.3. The quantitative estimate of drug-likeness (QED) is 0.609. The SMILES string of the molecule is CCCC(=O)NC(Cc1c[nH]cn1)C(O)/C=N/C. The Hall–Kier alpha value is -1.69. The van der Waals surface area contributed by atoms with E-state index in [1.54, 1.807) is 19.6 Å². The van der Waals surface area contributed by atoms with Crippen LogP contribution in [0, 0.1) is 0 Å². The molecule has 0 saturated heterocycles. The van der Waals surface area contributed by atoms with Crippen molar-refractivity contribution in [2.24, 2.45) is 4.99 Å². The van der Waals surface area contributed by atoms with Crippen molar-refractivity contribution in [1.29, 1.82) is 0 Å². The van der Waals surface area contributed by atoms with Crippen molar-refractivity contribution >= 4 is 12.1 Å². The second-order valence-electron chi connectivity index (χ2n) is 4.09. The van der Waals surface area contributed by atoms with E-state index in [1.807, 2.05) is 6.92 Å². The van der Waals surface area contributed by atoms with Gasteiger partial charge >= 0.3 is 0 Å². The topological polar surface area (TPSA) is 90.4 Å². The van der Waals surface area contributed by atoms with E-state index < -0.39 is 12.1 Å². The molecule has 1 amide bonds. The number of aromatic nitrogens is 2. The predicted molar refractivity (Wildman–Crippen MR) is 69.6 cm³/mol. The van der Waals surface area contributed by atoms with Gasteiger partial charge in [-0.1, -0.05) is 6.92 Å². The molecule has 18 heavy (non-hydrogen) atoms. The number of H-pyrrole nitrogens is 1. The number of hydrogen-bond acceptors (Lipinski definition) is 4. The van der Waals surface area contributed by atoms with Crippen LogP contribution >= 0.6 is 0 Å². The van der Waals surface area contributed by atoms with Gasteiger partial charge < -0.3 is 15.4 Å². The molecule has 0 fully saturated rings. The number of hydrogen-bond donors (Lipinski definition) is 3. The van der Waals surface area contributed by atoms with E-state index in [1.165, 1.54) is 6.21 Å². The molecule has 3 N–H and O–H groups in total. The third kappa shape index (κ3) is 4.67. The Balaban J connectivity index is 2.65. The monoisotopic (exact) mass is 252 g/mol. The van der Waals surface area contributed by atoms with Crippen LogP contribution < -0.4 is 5.32 Å². The first kappa shape index (κ1) is 14.4. The first-order valence-electron chi connectivity index (χ1n) is 6.04. The van der Waals surface area contributed by atoms with Crippen LogP contribution in [0.4, 0.5) is 0 Å². The summed E-state index contributed by atoms with van der Waals surface area (Å²) in [6.45, 7) is 1.94. The molecule has 0 bridgehead atoms. The Bertz CT molecular complexity index is 375. The van der Waals surface area contributed by atoms with Gasteiger partial charge in [0.2, 0.25) is 5.91 Å². The number of aliphatic hydroxyl groups is 1. The van der Waals surface area contributed by atoms with Gasteiger partial charge in [-0.15, -0.1) is 0 Å². The van der Waals surface area contributed by atoms with Gasteiger partial charge in [0, 0.05) is 32.3 Å². The highest BCUT2D eigenvalue weighted by Crippen LogP contribution is 2.03. The molecule has 0 spiro atoms. The average molecular weight is 252 g/mol. The zero-order valence-corrected chi connectivity index (χ0v) is 10.8. The maximum absolute atomic E-state index is 11.6. The predicted octanol–water partition coefficient (Wildman–Crippen LogP) is 0.299. The fourth-order valence-electron chi connectivity index (χ4n) is 1.65. The molecule has 1 heterocycles. The Kier molecular flexibility index (Phi) is 6.07. The molecule has 0 aromatic carbocycles. The molecule has 1 rings (SSSR count). The standard InChI is InChI=1S/C12H20N4O2/c1-3-4-12(18)16-10(11(17)7-13-2)5-9-6-14-8-15-9/h6-8,10-11,17H,3-5H2,1-2H3,(H,14,15)(H,16,18)/b13-7+. The van der Waals surface area contributed by atoms with E-state index in [4.69, 9.17) is 0 Å². The van der Waals surface area contributed by atoms with Gasteiger partial charge in [-0.2, -0.15) is 0 Å². The summed E-state index contributed by atoms with van der Waals surface area (Å²) in [5.74, 6) is -0.0680. The molecule has 0 radical (unpaired) electrons. The van der Waals surface area contributed by atoms with E-state index >= 15 is 0 Å². The minimum absolute atomic E-state index is 0.0680. The van der Waals surface area contributed by atoms with Gasteiger partial charge in [0.25, 0.3) is 0 Å². The zero-order chi connectivity index (χ0) is 13.4. The molecule has 2 unspecified atom stereocenters. The molecule has 0 aliphatic heterocycles. The van der Waals surface area contributed by atoms with Crippen LogP contribution in [0.5, 0.6) is 0 Å². The van der Waals surface area contributed by atoms with Crippen molar-refractivity contribution in [3.05, 3.63) is 18.2 Å². The summed E-state index contributed by atoms with van der Waals surface area (Å²) in [7, 11) is 1.59. The third-order valence-electron chi connectivity index (χ3n) is 2.52. The fourth-order valence-corrected chi connectivity index (χ4v) is 1.65. The number of amides is 1. The van der Waals surface area contributed by atoms with E-state index in [-0.39, 0.29) is 5.91 Å². The number of carbonyl (C=O) groups is 1. The number of aromatic amines is 1. The maximum atomic E-state index is 11.6. The van der Waals surface area contributed by atoms with E-state index in [2.05, 4.69) is 20.3 Å². The lowest BCUT2D eigenvalue weighted by molar-refractivity contribution is -0.122. The van der Waals surface area contributed by atoms with Crippen LogP contribution in [-0.4, -0.2) is 46.4 Å². The van der Waals surface area contributed by atoms with E-state index in [0.29, 0.717) is 12.8 Å². The molecule has 0 aliphatic rings. The van der Waals surface area contributed by atoms with E-state index in [9.17, 15) is 9.90 Å². The van der Waals surface area contributed by atoms with E-state index in [0.717, 1.165) is 12.1 Å². The van der Waals surface area contributed by atoms with Crippen LogP contribution in [-0.2, 0) is 11.2 Å². The van der Waals surface area contributed by atoms with Crippen LogP contribution in [0.25, 0.3) is 0 Å². The molecule has 6 nitrogen and oxygen atoms in total. The minimum atomic E-state index is -0.812. The number of imidazole rings is 1. The van der Waals surface area contributed by atoms with Crippen molar-refractivity contribution in [3.8, 4) is 0 Å². The average Bonchev–Trinajstić information content (AvgIpc) is 2.81. The Morgan fingerprint density at radius 1 is 1.72 bits per heavy atom. The summed E-state index contributed by atoms with van der Waals surface area (Å²) in [5.41, 5.74) is 0.792. The Morgan fingerprint density at radius 2 is 2.50 bits per heavy atom. The largest absolute Gasteiger partial charge is 0.385 e. The fraction of sp³-hybridized carbons (Fsp3) is 0.583. The summed E-state index contributed by atoms with van der Waals surface area (Å²) < 4.78 is 0. The summed E-state index contributed by atoms with van der Waals surface area (Å²) in [5, 5.41) is 12.7. The molecular weight excluding hydrogens is 232 g/mol. The summed E-state index contributed by atoms with van der Waals surface area (Å²) >= 11 is 0. The first-order chi connectivity index (χ1) is 8.67. The van der Waals surface area contributed by atoms with Gasteiger partial charge in [0.15, 0.2) is 0 Å². The second-order valence-corrected chi connectivity index (χ2v) is 4.09. The van der Waals surface area contributed by atoms with Gasteiger partial charge in [-0.3, -0.25) is 9.79 Å². The number of aliphatic imine (C=N–C) groups is 1. The molecular formula is C12H20N4O2. The molecule has 6 heteroatoms. The smallest absolute Gasteiger partial charge is 0.220 e. The highest BCUT2D eigenvalue weighted by Gasteiger charge is 2.20. The number of nitrogens with zero attached hydrogens (tertiary/aromatic N) is 2. The highest BCUT2D eigenvalue weighted by molar-refractivity contribution is 5.77. The number of carbonyl (C=O) groups excluding carboxylic acids is 1. The van der Waals surface area contributed by atoms with Gasteiger partial charge in [-0.05, 0) is 6.42 Å². The second kappa shape index (κ2) is 7.60. The van der Waals surface area contributed by atoms with Crippen LogP contribution in [0.15, 0.2) is 17.5 Å². The van der Waals surface area contributed by atoms with Gasteiger partial charge in [0.05, 0.1) is 18.1 Å². The van der Waals surface area contributed by atoms with Crippen molar-refractivity contribution in [2.45, 2.75) is 38.3 Å². The third-order valence-corrected chi connectivity index (χ3v) is 2.52. The van der Waals surface area contributed by atoms with Gasteiger partial charge in [0.1, 0.15) is 6.10 Å². The lowest BCUT2D eigenvalue weighted by Gasteiger charge is -2.20.